The average molecular weight is 686 g/mol. The molecule has 7 aromatic carbocycles. The van der Waals surface area contributed by atoms with Gasteiger partial charge in [0.15, 0.2) is 0 Å². The highest BCUT2D eigenvalue weighted by molar-refractivity contribution is 7.25. The molecule has 0 amide bonds. The summed E-state index contributed by atoms with van der Waals surface area (Å²) in [5, 5.41) is 5.23. The second-order valence-corrected chi connectivity index (χ2v) is 17.2. The number of rotatable bonds is 4. The first-order valence-electron chi connectivity index (χ1n) is 19.3. The van der Waals surface area contributed by atoms with E-state index in [1.807, 2.05) is 11.3 Å². The van der Waals surface area contributed by atoms with Crippen LogP contribution in [0.15, 0.2) is 152 Å². The first-order valence-corrected chi connectivity index (χ1v) is 20.1. The quantitative estimate of drug-likeness (QED) is 0.178. The van der Waals surface area contributed by atoms with Crippen molar-refractivity contribution in [2.75, 3.05) is 4.90 Å². The lowest BCUT2D eigenvalue weighted by atomic mass is 9.43. The van der Waals surface area contributed by atoms with Crippen molar-refractivity contribution < 1.29 is 0 Å². The fraction of sp³-hybridized carbons (Fsp3) is 0.200. The highest BCUT2D eigenvalue weighted by Gasteiger charge is 2.61. The maximum absolute atomic E-state index is 2.58. The molecular weight excluding hydrogens is 647 g/mol. The van der Waals surface area contributed by atoms with Crippen LogP contribution < -0.4 is 4.90 Å². The van der Waals surface area contributed by atoms with Crippen molar-refractivity contribution in [2.45, 2.75) is 37.5 Å². The second-order valence-electron chi connectivity index (χ2n) is 16.1. The molecule has 4 bridgehead atoms. The molecule has 5 aliphatic rings. The van der Waals surface area contributed by atoms with Gasteiger partial charge in [-0.1, -0.05) is 109 Å². The van der Waals surface area contributed by atoms with E-state index in [9.17, 15) is 0 Å². The van der Waals surface area contributed by atoms with Gasteiger partial charge in [-0.25, -0.2) is 0 Å². The average Bonchev–Trinajstić information content (AvgIpc) is 3.71. The third-order valence-corrected chi connectivity index (χ3v) is 14.8. The summed E-state index contributed by atoms with van der Waals surface area (Å²) in [5.74, 6) is 3.34. The maximum atomic E-state index is 2.58. The van der Waals surface area contributed by atoms with Gasteiger partial charge >= 0.3 is 0 Å². The lowest BCUT2D eigenvalue weighted by molar-refractivity contribution is -0.0399. The summed E-state index contributed by atoms with van der Waals surface area (Å²) in [6.07, 6.45) is 7.05. The van der Waals surface area contributed by atoms with Gasteiger partial charge in [-0.2, -0.15) is 0 Å². The number of thiophene rings is 1. The van der Waals surface area contributed by atoms with Gasteiger partial charge in [-0.05, 0) is 131 Å². The molecule has 0 aliphatic heterocycles. The Bertz CT molecular complexity index is 2680. The number of hydrogen-bond donors (Lipinski definition) is 0. The van der Waals surface area contributed by atoms with E-state index in [0.717, 1.165) is 23.7 Å². The molecule has 0 N–H and O–H groups in total. The Kier molecular flexibility index (Phi) is 6.17. The first-order chi connectivity index (χ1) is 25.7. The molecule has 1 nitrogen and oxygen atoms in total. The third kappa shape index (κ3) is 3.99. The molecule has 13 rings (SSSR count). The Balaban J connectivity index is 1.06. The molecule has 0 radical (unpaired) electrons. The molecule has 1 heterocycles. The fourth-order valence-corrected chi connectivity index (χ4v) is 13.0. The molecule has 5 aliphatic carbocycles. The molecule has 8 aromatic rings. The third-order valence-electron chi connectivity index (χ3n) is 13.6. The van der Waals surface area contributed by atoms with Crippen LogP contribution in [0.5, 0.6) is 0 Å². The highest BCUT2D eigenvalue weighted by atomic mass is 32.1. The summed E-state index contributed by atoms with van der Waals surface area (Å²) < 4.78 is 2.70. The number of benzene rings is 7. The van der Waals surface area contributed by atoms with Crippen molar-refractivity contribution in [1.82, 2.24) is 0 Å². The topological polar surface area (TPSA) is 3.24 Å². The smallest absolute Gasteiger partial charge is 0.0543 e. The number of anilines is 3. The molecule has 250 valence electrons. The SMILES string of the molecule is c1ccc2c(c1)-c1c(N(c3ccc(-c4ccc5sc6ccccc6c5c4)cc3)c3cccc4ccccc34)cccc1C21C2CC3CC(C2)CC1C3. The normalized spacial score (nSPS) is 23.8. The van der Waals surface area contributed by atoms with Crippen LogP contribution in [0, 0.1) is 23.7 Å². The van der Waals surface area contributed by atoms with Gasteiger partial charge in [0.1, 0.15) is 0 Å². The molecule has 4 fully saturated rings. The van der Waals surface area contributed by atoms with Gasteiger partial charge in [-0.3, -0.25) is 0 Å². The summed E-state index contributed by atoms with van der Waals surface area (Å²) in [7, 11) is 0. The Morgan fingerprint density at radius 3 is 1.96 bits per heavy atom. The summed E-state index contributed by atoms with van der Waals surface area (Å²) in [6.45, 7) is 0. The van der Waals surface area contributed by atoms with Crippen molar-refractivity contribution >= 4 is 59.3 Å². The minimum Gasteiger partial charge on any atom is -0.309 e. The molecule has 1 spiro atoms. The monoisotopic (exact) mass is 685 g/mol. The van der Waals surface area contributed by atoms with E-state index < -0.39 is 0 Å². The van der Waals surface area contributed by atoms with E-state index >= 15 is 0 Å². The predicted octanol–water partition coefficient (Wildman–Crippen LogP) is 14.1. The lowest BCUT2D eigenvalue weighted by Crippen LogP contribution is -2.55. The van der Waals surface area contributed by atoms with E-state index in [4.69, 9.17) is 0 Å². The number of fused-ring (bicyclic) bond motifs is 7. The minimum atomic E-state index is 0.133. The molecule has 0 saturated heterocycles. The van der Waals surface area contributed by atoms with Crippen molar-refractivity contribution in [3.8, 4) is 22.3 Å². The van der Waals surface area contributed by atoms with E-state index in [-0.39, 0.29) is 5.41 Å². The minimum absolute atomic E-state index is 0.133. The summed E-state index contributed by atoms with van der Waals surface area (Å²) >= 11 is 1.88. The molecule has 4 saturated carbocycles. The van der Waals surface area contributed by atoms with Crippen molar-refractivity contribution in [1.29, 1.82) is 0 Å². The van der Waals surface area contributed by atoms with Crippen molar-refractivity contribution in [2.24, 2.45) is 23.7 Å². The van der Waals surface area contributed by atoms with E-state index in [1.165, 1.54) is 102 Å². The van der Waals surface area contributed by atoms with Crippen LogP contribution in [0.1, 0.15) is 43.2 Å². The zero-order valence-corrected chi connectivity index (χ0v) is 30.0. The largest absolute Gasteiger partial charge is 0.309 e. The first kappa shape index (κ1) is 29.4. The van der Waals surface area contributed by atoms with Gasteiger partial charge in [0, 0.05) is 42.2 Å². The van der Waals surface area contributed by atoms with Crippen LogP contribution in [-0.2, 0) is 5.41 Å². The Hall–Kier alpha value is -5.18. The molecule has 52 heavy (non-hydrogen) atoms. The van der Waals surface area contributed by atoms with Crippen molar-refractivity contribution in [3.05, 3.63) is 163 Å². The number of nitrogens with zero attached hydrogens (tertiary/aromatic N) is 1. The Morgan fingerprint density at radius 1 is 0.481 bits per heavy atom. The molecular formula is C50H39NS. The van der Waals surface area contributed by atoms with Crippen molar-refractivity contribution in [3.63, 3.8) is 0 Å². The Labute approximate surface area is 309 Å². The van der Waals surface area contributed by atoms with Crippen LogP contribution in [-0.4, -0.2) is 0 Å². The zero-order chi connectivity index (χ0) is 34.0. The summed E-state index contributed by atoms with van der Waals surface area (Å²) in [5.41, 5.74) is 12.5. The summed E-state index contributed by atoms with van der Waals surface area (Å²) in [6, 6.07) is 57.7. The molecule has 0 unspecified atom stereocenters. The predicted molar refractivity (Wildman–Crippen MR) is 220 cm³/mol. The van der Waals surface area contributed by atoms with Crippen LogP contribution >= 0.6 is 11.3 Å². The zero-order valence-electron chi connectivity index (χ0n) is 29.1. The standard InChI is InChI=1S/C50H39NS/c1-2-11-39-34(9-1)10-7-16-45(39)51(38-22-19-33(20-23-38)35-21-24-48-42(30-35)40-12-4-6-18-47(40)52-48)46-17-8-15-44-49(46)41-13-3-5-14-43(41)50(44)36-26-31-25-32(28-36)29-37(50)27-31/h1-24,30-32,36-37H,25-29H2. The molecule has 2 heteroatoms. The van der Waals surface area contributed by atoms with Crippen LogP contribution in [0.25, 0.3) is 53.2 Å². The molecule has 1 aromatic heterocycles. The van der Waals surface area contributed by atoms with Gasteiger partial charge in [0.2, 0.25) is 0 Å². The van der Waals surface area contributed by atoms with Crippen LogP contribution in [0.3, 0.4) is 0 Å². The fourth-order valence-electron chi connectivity index (χ4n) is 11.9. The van der Waals surface area contributed by atoms with E-state index in [0.29, 0.717) is 0 Å². The second kappa shape index (κ2) is 10.9. The van der Waals surface area contributed by atoms with Gasteiger partial charge in [-0.15, -0.1) is 11.3 Å². The highest BCUT2D eigenvalue weighted by Crippen LogP contribution is 2.70. The lowest BCUT2D eigenvalue weighted by Gasteiger charge is -2.61. The van der Waals surface area contributed by atoms with Gasteiger partial charge < -0.3 is 4.90 Å². The van der Waals surface area contributed by atoms with E-state index in [2.05, 4.69) is 157 Å². The summed E-state index contributed by atoms with van der Waals surface area (Å²) in [4.78, 5) is 2.58. The Morgan fingerprint density at radius 2 is 1.12 bits per heavy atom. The van der Waals surface area contributed by atoms with Crippen LogP contribution in [0.2, 0.25) is 0 Å². The van der Waals surface area contributed by atoms with Crippen LogP contribution in [0.4, 0.5) is 17.1 Å². The van der Waals surface area contributed by atoms with Gasteiger partial charge in [0.25, 0.3) is 0 Å². The maximum Gasteiger partial charge on any atom is 0.0543 e. The van der Waals surface area contributed by atoms with E-state index in [1.54, 1.807) is 11.1 Å². The number of hydrogen-bond acceptors (Lipinski definition) is 2. The molecule has 0 atom stereocenters. The van der Waals surface area contributed by atoms with Gasteiger partial charge in [0.05, 0.1) is 11.4 Å².